The van der Waals surface area contributed by atoms with Crippen LogP contribution in [0.3, 0.4) is 0 Å². The summed E-state index contributed by atoms with van der Waals surface area (Å²) < 4.78 is 46.4. The largest absolute Gasteiger partial charge is 0.419 e. The average molecular weight is 501 g/mol. The van der Waals surface area contributed by atoms with E-state index in [0.29, 0.717) is 5.56 Å². The molecular weight excluding hydrogens is 483 g/mol. The smallest absolute Gasteiger partial charge is 0.234 e. The molecule has 3 aromatic carbocycles. The lowest BCUT2D eigenvalue weighted by Crippen LogP contribution is -2.07. The molecular formula is C23H18BrFN2O3S. The van der Waals surface area contributed by atoms with Crippen molar-refractivity contribution in [3.63, 3.8) is 0 Å². The van der Waals surface area contributed by atoms with Crippen molar-refractivity contribution >= 4 is 31.7 Å². The number of anilines is 1. The summed E-state index contributed by atoms with van der Waals surface area (Å²) in [6.45, 7) is 2.17. The summed E-state index contributed by atoms with van der Waals surface area (Å²) in [6, 6.07) is 19.7. The first-order valence-corrected chi connectivity index (χ1v) is 11.7. The molecule has 0 radical (unpaired) electrons. The third-order valence-electron chi connectivity index (χ3n) is 4.61. The molecule has 0 unspecified atom stereocenters. The molecule has 158 valence electrons. The molecule has 0 atom stereocenters. The van der Waals surface area contributed by atoms with Gasteiger partial charge in [0.2, 0.25) is 26.6 Å². The molecule has 0 bridgehead atoms. The molecule has 0 saturated carbocycles. The summed E-state index contributed by atoms with van der Waals surface area (Å²) in [4.78, 5) is 4.43. The third-order valence-corrected chi connectivity index (χ3v) is 6.81. The summed E-state index contributed by atoms with van der Waals surface area (Å²) in [5.74, 6) is -0.117. The molecule has 5 nitrogen and oxygen atoms in total. The number of rotatable bonds is 6. The van der Waals surface area contributed by atoms with Crippen LogP contribution in [0.1, 0.15) is 11.1 Å². The Morgan fingerprint density at radius 1 is 1.03 bits per heavy atom. The number of nitrogens with one attached hydrogen (secondary N) is 1. The monoisotopic (exact) mass is 500 g/mol. The Kier molecular flexibility index (Phi) is 5.93. The third kappa shape index (κ3) is 4.70. The maximum atomic E-state index is 13.3. The molecule has 8 heteroatoms. The van der Waals surface area contributed by atoms with Crippen molar-refractivity contribution in [1.82, 2.24) is 4.98 Å². The number of nitrogens with zero attached hydrogens (tertiary/aromatic N) is 1. The van der Waals surface area contributed by atoms with E-state index < -0.39 is 9.84 Å². The minimum atomic E-state index is -3.94. The highest BCUT2D eigenvalue weighted by Crippen LogP contribution is 2.33. The molecule has 1 aromatic heterocycles. The van der Waals surface area contributed by atoms with Crippen LogP contribution < -0.4 is 5.32 Å². The second-order valence-corrected chi connectivity index (χ2v) is 9.74. The Bertz CT molecular complexity index is 1320. The lowest BCUT2D eigenvalue weighted by atomic mass is 10.1. The zero-order valence-corrected chi connectivity index (χ0v) is 18.9. The van der Waals surface area contributed by atoms with Gasteiger partial charge in [0.1, 0.15) is 5.82 Å². The number of aryl methyl sites for hydroxylation is 1. The Morgan fingerprint density at radius 3 is 2.42 bits per heavy atom. The topological polar surface area (TPSA) is 72.2 Å². The van der Waals surface area contributed by atoms with Gasteiger partial charge in [-0.25, -0.2) is 12.8 Å². The van der Waals surface area contributed by atoms with Crippen LogP contribution in [0.2, 0.25) is 0 Å². The van der Waals surface area contributed by atoms with Crippen molar-refractivity contribution in [3.8, 4) is 11.5 Å². The molecule has 1 heterocycles. The van der Waals surface area contributed by atoms with Gasteiger partial charge in [0.15, 0.2) is 0 Å². The van der Waals surface area contributed by atoms with Gasteiger partial charge in [-0.2, -0.15) is 4.98 Å². The highest BCUT2D eigenvalue weighted by molar-refractivity contribution is 9.10. The van der Waals surface area contributed by atoms with Crippen molar-refractivity contribution in [2.24, 2.45) is 0 Å². The molecule has 0 aliphatic carbocycles. The van der Waals surface area contributed by atoms with Crippen LogP contribution in [-0.4, -0.2) is 13.4 Å². The van der Waals surface area contributed by atoms with Crippen LogP contribution in [0, 0.1) is 12.7 Å². The van der Waals surface area contributed by atoms with E-state index in [9.17, 15) is 12.8 Å². The molecule has 0 aliphatic heterocycles. The van der Waals surface area contributed by atoms with Crippen LogP contribution in [0.5, 0.6) is 0 Å². The summed E-state index contributed by atoms with van der Waals surface area (Å²) in [6.07, 6.45) is 0. The lowest BCUT2D eigenvalue weighted by Gasteiger charge is -2.06. The zero-order valence-electron chi connectivity index (χ0n) is 16.5. The van der Waals surface area contributed by atoms with E-state index in [1.54, 1.807) is 30.3 Å². The molecule has 0 fully saturated rings. The normalized spacial score (nSPS) is 11.5. The number of aromatic nitrogens is 1. The van der Waals surface area contributed by atoms with Crippen LogP contribution in [0.4, 0.5) is 10.3 Å². The van der Waals surface area contributed by atoms with Crippen molar-refractivity contribution in [2.45, 2.75) is 23.4 Å². The van der Waals surface area contributed by atoms with Gasteiger partial charge in [0.05, 0.1) is 4.90 Å². The van der Waals surface area contributed by atoms with Gasteiger partial charge >= 0.3 is 0 Å². The fraction of sp³-hybridized carbons (Fsp3) is 0.0870. The first kappa shape index (κ1) is 21.3. The van der Waals surface area contributed by atoms with Crippen molar-refractivity contribution in [2.75, 3.05) is 5.32 Å². The Hall–Kier alpha value is -2.97. The highest BCUT2D eigenvalue weighted by atomic mass is 79.9. The molecule has 4 aromatic rings. The van der Waals surface area contributed by atoms with Gasteiger partial charge in [-0.15, -0.1) is 0 Å². The first-order valence-electron chi connectivity index (χ1n) is 9.40. The van der Waals surface area contributed by atoms with Crippen LogP contribution in [0.25, 0.3) is 11.5 Å². The number of hydrogen-bond donors (Lipinski definition) is 1. The van der Waals surface area contributed by atoms with E-state index in [0.717, 1.165) is 15.6 Å². The standard InChI is InChI=1S/C23H18BrFN2O3S/c1-15-3-2-4-17(13-15)21-27-23(31(28,29)20-11-7-18(24)8-12-20)22(30-21)26-14-16-5-9-19(25)10-6-16/h2-13,26H,14H2,1H3. The summed E-state index contributed by atoms with van der Waals surface area (Å²) in [5.41, 5.74) is 2.43. The highest BCUT2D eigenvalue weighted by Gasteiger charge is 2.28. The fourth-order valence-electron chi connectivity index (χ4n) is 3.01. The van der Waals surface area contributed by atoms with Crippen molar-refractivity contribution in [3.05, 3.63) is 94.2 Å². The fourth-order valence-corrected chi connectivity index (χ4v) is 4.55. The molecule has 0 aliphatic rings. The number of hydrogen-bond acceptors (Lipinski definition) is 5. The predicted octanol–water partition coefficient (Wildman–Crippen LogP) is 6.00. The second kappa shape index (κ2) is 8.64. The molecule has 31 heavy (non-hydrogen) atoms. The SMILES string of the molecule is Cc1cccc(-c2nc(S(=O)(=O)c3ccc(Br)cc3)c(NCc3ccc(F)cc3)o2)c1. The minimum Gasteiger partial charge on any atom is -0.419 e. The summed E-state index contributed by atoms with van der Waals surface area (Å²) in [5, 5.41) is 2.80. The molecule has 0 saturated heterocycles. The van der Waals surface area contributed by atoms with Gasteiger partial charge < -0.3 is 9.73 Å². The van der Waals surface area contributed by atoms with Crippen molar-refractivity contribution in [1.29, 1.82) is 0 Å². The van der Waals surface area contributed by atoms with E-state index >= 15 is 0 Å². The van der Waals surface area contributed by atoms with Crippen LogP contribution >= 0.6 is 15.9 Å². The molecule has 4 rings (SSSR count). The summed E-state index contributed by atoms with van der Waals surface area (Å²) >= 11 is 3.31. The zero-order chi connectivity index (χ0) is 22.0. The minimum absolute atomic E-state index is 0.0312. The number of halogens is 2. The predicted molar refractivity (Wildman–Crippen MR) is 120 cm³/mol. The van der Waals surface area contributed by atoms with Gasteiger partial charge in [0.25, 0.3) is 0 Å². The Balaban J connectivity index is 1.76. The lowest BCUT2D eigenvalue weighted by molar-refractivity contribution is 0.576. The van der Waals surface area contributed by atoms with E-state index in [2.05, 4.69) is 26.2 Å². The molecule has 1 N–H and O–H groups in total. The molecule has 0 spiro atoms. The van der Waals surface area contributed by atoms with Crippen molar-refractivity contribution < 1.29 is 17.2 Å². The van der Waals surface area contributed by atoms with Crippen LogP contribution in [0.15, 0.2) is 91.6 Å². The average Bonchev–Trinajstić information content (AvgIpc) is 3.19. The van der Waals surface area contributed by atoms with Crippen LogP contribution in [-0.2, 0) is 16.4 Å². The Morgan fingerprint density at radius 2 is 1.74 bits per heavy atom. The van der Waals surface area contributed by atoms with Gasteiger partial charge in [-0.1, -0.05) is 45.8 Å². The maximum absolute atomic E-state index is 13.3. The second-order valence-electron chi connectivity index (χ2n) is 6.96. The summed E-state index contributed by atoms with van der Waals surface area (Å²) in [7, 11) is -3.94. The quantitative estimate of drug-likeness (QED) is 0.351. The van der Waals surface area contributed by atoms with E-state index in [1.165, 1.54) is 24.3 Å². The Labute approximate surface area is 188 Å². The number of oxazole rings is 1. The number of sulfone groups is 1. The molecule has 0 amide bonds. The van der Waals surface area contributed by atoms with E-state index in [1.807, 2.05) is 25.1 Å². The van der Waals surface area contributed by atoms with E-state index in [4.69, 9.17) is 4.42 Å². The maximum Gasteiger partial charge on any atom is 0.234 e. The first-order chi connectivity index (χ1) is 14.8. The van der Waals surface area contributed by atoms with Gasteiger partial charge in [-0.05, 0) is 61.0 Å². The van der Waals surface area contributed by atoms with Gasteiger partial charge in [0, 0.05) is 16.6 Å². The van der Waals surface area contributed by atoms with E-state index in [-0.39, 0.29) is 34.1 Å². The number of benzene rings is 3. The van der Waals surface area contributed by atoms with Gasteiger partial charge in [-0.3, -0.25) is 0 Å².